The van der Waals surface area contributed by atoms with Gasteiger partial charge in [0.05, 0.1) is 14.2 Å². The normalized spacial score (nSPS) is 14.6. The van der Waals surface area contributed by atoms with E-state index in [-0.39, 0.29) is 29.8 Å². The summed E-state index contributed by atoms with van der Waals surface area (Å²) in [5.41, 5.74) is 5.72. The third-order valence-electron chi connectivity index (χ3n) is 6.36. The molecule has 1 aliphatic carbocycles. The number of halogens is 1. The molecule has 34 heavy (non-hydrogen) atoms. The Morgan fingerprint density at radius 3 is 2.32 bits per heavy atom. The van der Waals surface area contributed by atoms with Crippen LogP contribution in [0.5, 0.6) is 17.2 Å². The van der Waals surface area contributed by atoms with Crippen molar-refractivity contribution < 1.29 is 23.8 Å². The van der Waals surface area contributed by atoms with Crippen LogP contribution in [-0.4, -0.2) is 25.2 Å². The summed E-state index contributed by atoms with van der Waals surface area (Å²) in [6.07, 6.45) is 0.764. The van der Waals surface area contributed by atoms with E-state index in [1.165, 1.54) is 26.4 Å². The molecule has 176 valence electrons. The number of rotatable bonds is 8. The van der Waals surface area contributed by atoms with Gasteiger partial charge in [-0.3, -0.25) is 4.79 Å². The predicted octanol–water partition coefficient (Wildman–Crippen LogP) is 5.37. The molecule has 1 aliphatic rings. The van der Waals surface area contributed by atoms with Gasteiger partial charge in [0.25, 0.3) is 0 Å². The lowest BCUT2D eigenvalue weighted by Gasteiger charge is -2.15. The molecule has 0 fully saturated rings. The van der Waals surface area contributed by atoms with Crippen molar-refractivity contribution in [3.63, 3.8) is 0 Å². The number of carbonyl (C=O) groups excluding carboxylic acids is 1. The molecule has 5 nitrogen and oxygen atoms in total. The van der Waals surface area contributed by atoms with Crippen molar-refractivity contribution in [1.29, 1.82) is 0 Å². The molecule has 6 heteroatoms. The minimum atomic E-state index is -0.324. The molecule has 0 radical (unpaired) electrons. The second-order valence-electron chi connectivity index (χ2n) is 8.44. The van der Waals surface area contributed by atoms with Crippen LogP contribution >= 0.6 is 0 Å². The van der Waals surface area contributed by atoms with Crippen LogP contribution in [0.1, 0.15) is 41.5 Å². The minimum absolute atomic E-state index is 0.0543. The van der Waals surface area contributed by atoms with E-state index in [9.17, 15) is 14.3 Å². The van der Waals surface area contributed by atoms with Gasteiger partial charge in [-0.15, -0.1) is 0 Å². The highest BCUT2D eigenvalue weighted by Crippen LogP contribution is 2.46. The van der Waals surface area contributed by atoms with Crippen molar-refractivity contribution in [3.8, 4) is 17.2 Å². The second-order valence-corrected chi connectivity index (χ2v) is 8.44. The SMILES string of the molecule is COc1cc(CC2=C(C)C(CC(=O)NCc3ccccc3)c3cc(F)ccc32)cc(OC)c1O. The molecule has 1 atom stereocenters. The molecule has 1 amide bonds. The molecule has 4 rings (SSSR count). The molecule has 3 aromatic carbocycles. The van der Waals surface area contributed by atoms with Crippen molar-refractivity contribution in [2.45, 2.75) is 32.2 Å². The van der Waals surface area contributed by atoms with E-state index >= 15 is 0 Å². The van der Waals surface area contributed by atoms with Gasteiger partial charge in [-0.2, -0.15) is 0 Å². The van der Waals surface area contributed by atoms with Gasteiger partial charge in [0, 0.05) is 18.9 Å². The number of ether oxygens (including phenoxy) is 2. The molecule has 2 N–H and O–H groups in total. The van der Waals surface area contributed by atoms with Crippen molar-refractivity contribution in [3.05, 3.63) is 94.3 Å². The predicted molar refractivity (Wildman–Crippen MR) is 130 cm³/mol. The summed E-state index contributed by atoms with van der Waals surface area (Å²) < 4.78 is 24.8. The van der Waals surface area contributed by atoms with E-state index in [4.69, 9.17) is 9.47 Å². The lowest BCUT2D eigenvalue weighted by Crippen LogP contribution is -2.24. The van der Waals surface area contributed by atoms with Gasteiger partial charge in [0.2, 0.25) is 11.7 Å². The number of fused-ring (bicyclic) bond motifs is 1. The summed E-state index contributed by atoms with van der Waals surface area (Å²) >= 11 is 0. The lowest BCUT2D eigenvalue weighted by atomic mass is 9.92. The van der Waals surface area contributed by atoms with Gasteiger partial charge in [-0.25, -0.2) is 4.39 Å². The van der Waals surface area contributed by atoms with E-state index < -0.39 is 0 Å². The summed E-state index contributed by atoms with van der Waals surface area (Å²) in [6.45, 7) is 2.45. The number of benzene rings is 3. The van der Waals surface area contributed by atoms with E-state index in [0.717, 1.165) is 33.4 Å². The zero-order chi connectivity index (χ0) is 24.2. The smallest absolute Gasteiger partial charge is 0.221 e. The maximum Gasteiger partial charge on any atom is 0.221 e. The first-order valence-electron chi connectivity index (χ1n) is 11.1. The molecule has 3 aromatic rings. The molecule has 0 aromatic heterocycles. The Labute approximate surface area is 198 Å². The molecular formula is C28H28FNO4. The number of hydrogen-bond donors (Lipinski definition) is 2. The first-order valence-corrected chi connectivity index (χ1v) is 11.1. The first-order chi connectivity index (χ1) is 16.4. The van der Waals surface area contributed by atoms with Gasteiger partial charge >= 0.3 is 0 Å². The van der Waals surface area contributed by atoms with Crippen LogP contribution in [0.3, 0.4) is 0 Å². The van der Waals surface area contributed by atoms with Crippen LogP contribution < -0.4 is 14.8 Å². The minimum Gasteiger partial charge on any atom is -0.502 e. The molecule has 0 saturated carbocycles. The fourth-order valence-electron chi connectivity index (χ4n) is 4.56. The monoisotopic (exact) mass is 461 g/mol. The average Bonchev–Trinajstić information content (AvgIpc) is 3.09. The van der Waals surface area contributed by atoms with Crippen LogP contribution in [0.4, 0.5) is 4.39 Å². The number of phenolic OH excluding ortho intramolecular Hbond substituents is 1. The summed E-state index contributed by atoms with van der Waals surface area (Å²) in [6, 6.07) is 18.0. The van der Waals surface area contributed by atoms with Crippen molar-refractivity contribution in [2.75, 3.05) is 14.2 Å². The van der Waals surface area contributed by atoms with E-state index in [1.807, 2.05) is 37.3 Å². The zero-order valence-corrected chi connectivity index (χ0v) is 19.5. The number of allylic oxidation sites excluding steroid dienone is 2. The Morgan fingerprint density at radius 1 is 1.00 bits per heavy atom. The van der Waals surface area contributed by atoms with Crippen LogP contribution in [0, 0.1) is 5.82 Å². The van der Waals surface area contributed by atoms with Gasteiger partial charge in [-0.05, 0) is 65.4 Å². The number of carbonyl (C=O) groups is 1. The Hall–Kier alpha value is -3.80. The quantitative estimate of drug-likeness (QED) is 0.473. The Kier molecular flexibility index (Phi) is 6.87. The third-order valence-corrected chi connectivity index (χ3v) is 6.36. The number of nitrogens with one attached hydrogen (secondary N) is 1. The van der Waals surface area contributed by atoms with Crippen LogP contribution in [-0.2, 0) is 17.8 Å². The zero-order valence-electron chi connectivity index (χ0n) is 19.5. The molecule has 1 unspecified atom stereocenters. The number of amides is 1. The summed E-state index contributed by atoms with van der Waals surface area (Å²) in [5, 5.41) is 13.2. The van der Waals surface area contributed by atoms with Crippen LogP contribution in [0.2, 0.25) is 0 Å². The Balaban J connectivity index is 1.61. The summed E-state index contributed by atoms with van der Waals surface area (Å²) in [5.74, 6) is -0.0321. The van der Waals surface area contributed by atoms with Crippen LogP contribution in [0.25, 0.3) is 5.57 Å². The van der Waals surface area contributed by atoms with E-state index in [2.05, 4.69) is 5.32 Å². The molecule has 0 bridgehead atoms. The second kappa shape index (κ2) is 10.00. The van der Waals surface area contributed by atoms with Gasteiger partial charge in [-0.1, -0.05) is 42.0 Å². The van der Waals surface area contributed by atoms with E-state index in [0.29, 0.717) is 24.5 Å². The van der Waals surface area contributed by atoms with E-state index in [1.54, 1.807) is 18.2 Å². The standard InChI is InChI=1S/C28H28FNO4/c1-17-22(11-19-12-25(33-2)28(32)26(13-19)34-3)21-10-9-20(29)14-24(21)23(17)15-27(31)30-16-18-7-5-4-6-8-18/h4-10,12-14,23,32H,11,15-16H2,1-3H3,(H,30,31). The third kappa shape index (κ3) is 4.76. The Morgan fingerprint density at radius 2 is 1.68 bits per heavy atom. The van der Waals surface area contributed by atoms with Crippen molar-refractivity contribution in [1.82, 2.24) is 5.32 Å². The van der Waals surface area contributed by atoms with Gasteiger partial charge < -0.3 is 19.9 Å². The average molecular weight is 462 g/mol. The summed E-state index contributed by atoms with van der Waals surface area (Å²) in [7, 11) is 2.97. The number of methoxy groups -OCH3 is 2. The van der Waals surface area contributed by atoms with Crippen molar-refractivity contribution in [2.24, 2.45) is 0 Å². The first kappa shape index (κ1) is 23.4. The molecule has 0 spiro atoms. The fraction of sp³-hybridized carbons (Fsp3) is 0.250. The molecule has 0 aliphatic heterocycles. The number of hydrogen-bond acceptors (Lipinski definition) is 4. The lowest BCUT2D eigenvalue weighted by molar-refractivity contribution is -0.121. The topological polar surface area (TPSA) is 67.8 Å². The van der Waals surface area contributed by atoms with Gasteiger partial charge in [0.1, 0.15) is 5.82 Å². The highest BCUT2D eigenvalue weighted by molar-refractivity contribution is 5.84. The molecule has 0 saturated heterocycles. The maximum atomic E-state index is 14.2. The fourth-order valence-corrected chi connectivity index (χ4v) is 4.56. The number of phenols is 1. The molecule has 0 heterocycles. The highest BCUT2D eigenvalue weighted by Gasteiger charge is 2.31. The number of aromatic hydroxyl groups is 1. The Bertz CT molecular complexity index is 1210. The molecular weight excluding hydrogens is 433 g/mol. The van der Waals surface area contributed by atoms with Crippen LogP contribution in [0.15, 0.2) is 66.2 Å². The van der Waals surface area contributed by atoms with Gasteiger partial charge in [0.15, 0.2) is 11.5 Å². The largest absolute Gasteiger partial charge is 0.502 e. The highest BCUT2D eigenvalue weighted by atomic mass is 19.1. The van der Waals surface area contributed by atoms with Crippen molar-refractivity contribution >= 4 is 11.5 Å². The summed E-state index contributed by atoms with van der Waals surface area (Å²) in [4.78, 5) is 12.8. The maximum absolute atomic E-state index is 14.2.